The molecule has 14 heavy (non-hydrogen) atoms. The Bertz CT molecular complexity index is 297. The molecule has 1 aliphatic rings. The van der Waals surface area contributed by atoms with Gasteiger partial charge in [0.2, 0.25) is 0 Å². The summed E-state index contributed by atoms with van der Waals surface area (Å²) in [6.45, 7) is 2.39. The molecule has 0 aliphatic carbocycles. The highest BCUT2D eigenvalue weighted by Gasteiger charge is 2.13. The van der Waals surface area contributed by atoms with E-state index in [0.29, 0.717) is 6.04 Å². The van der Waals surface area contributed by atoms with Crippen molar-refractivity contribution < 1.29 is 9.13 Å². The molecular weight excluding hydrogens is 181 g/mol. The Kier molecular flexibility index (Phi) is 3.11. The number of rotatable bonds is 2. The van der Waals surface area contributed by atoms with Crippen molar-refractivity contribution >= 4 is 0 Å². The van der Waals surface area contributed by atoms with Gasteiger partial charge in [-0.05, 0) is 24.1 Å². The summed E-state index contributed by atoms with van der Waals surface area (Å²) in [5.74, 6) is -0.167. The number of halogens is 1. The van der Waals surface area contributed by atoms with Crippen LogP contribution in [-0.4, -0.2) is 25.8 Å². The van der Waals surface area contributed by atoms with Crippen molar-refractivity contribution in [3.63, 3.8) is 0 Å². The molecular formula is C11H14FNO. The van der Waals surface area contributed by atoms with Crippen molar-refractivity contribution in [1.29, 1.82) is 0 Å². The molecule has 2 nitrogen and oxygen atoms in total. The molecule has 1 fully saturated rings. The fraction of sp³-hybridized carbons (Fsp3) is 0.455. The first-order chi connectivity index (χ1) is 6.84. The number of benzene rings is 1. The Hall–Kier alpha value is -0.930. The summed E-state index contributed by atoms with van der Waals surface area (Å²) < 4.78 is 18.2. The van der Waals surface area contributed by atoms with E-state index < -0.39 is 0 Å². The van der Waals surface area contributed by atoms with E-state index in [1.165, 1.54) is 6.07 Å². The van der Waals surface area contributed by atoms with E-state index >= 15 is 0 Å². The van der Waals surface area contributed by atoms with E-state index in [4.69, 9.17) is 4.74 Å². The topological polar surface area (TPSA) is 21.3 Å². The molecule has 0 bridgehead atoms. The van der Waals surface area contributed by atoms with Gasteiger partial charge in [0.1, 0.15) is 5.82 Å². The zero-order valence-electron chi connectivity index (χ0n) is 8.00. The van der Waals surface area contributed by atoms with Crippen LogP contribution >= 0.6 is 0 Å². The van der Waals surface area contributed by atoms with E-state index in [9.17, 15) is 4.39 Å². The van der Waals surface area contributed by atoms with Gasteiger partial charge in [-0.3, -0.25) is 0 Å². The normalized spacial score (nSPS) is 22.2. The Morgan fingerprint density at radius 1 is 1.50 bits per heavy atom. The summed E-state index contributed by atoms with van der Waals surface area (Å²) in [4.78, 5) is 0. The third-order valence-electron chi connectivity index (χ3n) is 2.37. The monoisotopic (exact) mass is 195 g/mol. The smallest absolute Gasteiger partial charge is 0.123 e. The van der Waals surface area contributed by atoms with E-state index in [0.717, 1.165) is 31.7 Å². The van der Waals surface area contributed by atoms with Crippen LogP contribution in [0.5, 0.6) is 0 Å². The number of hydrogen-bond acceptors (Lipinski definition) is 2. The molecule has 0 spiro atoms. The molecule has 0 radical (unpaired) electrons. The lowest BCUT2D eigenvalue weighted by atomic mass is 10.1. The third-order valence-corrected chi connectivity index (χ3v) is 2.37. The minimum absolute atomic E-state index is 0.167. The van der Waals surface area contributed by atoms with Crippen LogP contribution in [0.15, 0.2) is 24.3 Å². The maximum absolute atomic E-state index is 12.9. The minimum Gasteiger partial charge on any atom is -0.379 e. The summed E-state index contributed by atoms with van der Waals surface area (Å²) in [5, 5.41) is 3.34. The van der Waals surface area contributed by atoms with Crippen molar-refractivity contribution in [2.75, 3.05) is 19.8 Å². The van der Waals surface area contributed by atoms with Crippen LogP contribution in [0.3, 0.4) is 0 Å². The van der Waals surface area contributed by atoms with Gasteiger partial charge in [0.15, 0.2) is 0 Å². The van der Waals surface area contributed by atoms with E-state index in [1.807, 2.05) is 6.07 Å². The molecule has 1 aliphatic heterocycles. The Balaban J connectivity index is 1.95. The molecule has 1 saturated heterocycles. The van der Waals surface area contributed by atoms with Crippen LogP contribution in [0.25, 0.3) is 0 Å². The fourth-order valence-corrected chi connectivity index (χ4v) is 1.70. The van der Waals surface area contributed by atoms with Crippen LogP contribution in [0.4, 0.5) is 4.39 Å². The molecule has 0 aromatic heterocycles. The highest BCUT2D eigenvalue weighted by atomic mass is 19.1. The van der Waals surface area contributed by atoms with Gasteiger partial charge >= 0.3 is 0 Å². The van der Waals surface area contributed by atoms with E-state index in [2.05, 4.69) is 5.32 Å². The second-order valence-corrected chi connectivity index (χ2v) is 3.56. The van der Waals surface area contributed by atoms with Crippen LogP contribution in [-0.2, 0) is 11.2 Å². The molecule has 1 atom stereocenters. The number of nitrogens with one attached hydrogen (secondary N) is 1. The second-order valence-electron chi connectivity index (χ2n) is 3.56. The first kappa shape index (κ1) is 9.62. The lowest BCUT2D eigenvalue weighted by Gasteiger charge is -2.23. The van der Waals surface area contributed by atoms with Gasteiger partial charge in [0, 0.05) is 12.6 Å². The quantitative estimate of drug-likeness (QED) is 0.769. The number of hydrogen-bond donors (Lipinski definition) is 1. The molecule has 2 rings (SSSR count). The molecule has 1 aromatic rings. The first-order valence-electron chi connectivity index (χ1n) is 4.90. The zero-order valence-corrected chi connectivity index (χ0v) is 8.00. The molecule has 76 valence electrons. The van der Waals surface area contributed by atoms with Gasteiger partial charge in [-0.1, -0.05) is 12.1 Å². The summed E-state index contributed by atoms with van der Waals surface area (Å²) in [5.41, 5.74) is 1.02. The summed E-state index contributed by atoms with van der Waals surface area (Å²) in [6, 6.07) is 7.06. The predicted molar refractivity (Wildman–Crippen MR) is 52.7 cm³/mol. The van der Waals surface area contributed by atoms with Crippen molar-refractivity contribution in [1.82, 2.24) is 5.32 Å². The SMILES string of the molecule is Fc1cccc(CC2COCCN2)c1. The Morgan fingerprint density at radius 2 is 2.43 bits per heavy atom. The summed E-state index contributed by atoms with van der Waals surface area (Å²) >= 11 is 0. The van der Waals surface area contributed by atoms with Gasteiger partial charge in [-0.25, -0.2) is 4.39 Å². The summed E-state index contributed by atoms with van der Waals surface area (Å²) in [6.07, 6.45) is 0.831. The van der Waals surface area contributed by atoms with Gasteiger partial charge < -0.3 is 10.1 Å². The fourth-order valence-electron chi connectivity index (χ4n) is 1.70. The standard InChI is InChI=1S/C11H14FNO/c12-10-3-1-2-9(6-10)7-11-8-14-5-4-13-11/h1-3,6,11,13H,4-5,7-8H2. The van der Waals surface area contributed by atoms with Crippen molar-refractivity contribution in [2.45, 2.75) is 12.5 Å². The average Bonchev–Trinajstić information content (AvgIpc) is 2.19. The Morgan fingerprint density at radius 3 is 3.14 bits per heavy atom. The maximum atomic E-state index is 12.9. The molecule has 1 unspecified atom stereocenters. The number of morpholine rings is 1. The Labute approximate surface area is 83.1 Å². The zero-order chi connectivity index (χ0) is 9.80. The van der Waals surface area contributed by atoms with Crippen LogP contribution < -0.4 is 5.32 Å². The molecule has 1 heterocycles. The minimum atomic E-state index is -0.167. The van der Waals surface area contributed by atoms with Crippen LogP contribution in [0.1, 0.15) is 5.56 Å². The highest BCUT2D eigenvalue weighted by Crippen LogP contribution is 2.07. The molecule has 0 amide bonds. The van der Waals surface area contributed by atoms with Crippen LogP contribution in [0.2, 0.25) is 0 Å². The lowest BCUT2D eigenvalue weighted by Crippen LogP contribution is -2.42. The van der Waals surface area contributed by atoms with Gasteiger partial charge in [-0.15, -0.1) is 0 Å². The molecule has 1 aromatic carbocycles. The van der Waals surface area contributed by atoms with Crippen molar-refractivity contribution in [2.24, 2.45) is 0 Å². The number of ether oxygens (including phenoxy) is 1. The molecule has 3 heteroatoms. The van der Waals surface area contributed by atoms with E-state index in [-0.39, 0.29) is 5.82 Å². The van der Waals surface area contributed by atoms with Gasteiger partial charge in [0.05, 0.1) is 13.2 Å². The molecule has 0 saturated carbocycles. The molecule has 1 N–H and O–H groups in total. The third kappa shape index (κ3) is 2.53. The maximum Gasteiger partial charge on any atom is 0.123 e. The van der Waals surface area contributed by atoms with Crippen molar-refractivity contribution in [3.05, 3.63) is 35.6 Å². The van der Waals surface area contributed by atoms with Crippen molar-refractivity contribution in [3.8, 4) is 0 Å². The van der Waals surface area contributed by atoms with Crippen LogP contribution in [0, 0.1) is 5.82 Å². The van der Waals surface area contributed by atoms with Gasteiger partial charge in [0.25, 0.3) is 0 Å². The lowest BCUT2D eigenvalue weighted by molar-refractivity contribution is 0.0770. The van der Waals surface area contributed by atoms with E-state index in [1.54, 1.807) is 12.1 Å². The van der Waals surface area contributed by atoms with Gasteiger partial charge in [-0.2, -0.15) is 0 Å². The second kappa shape index (κ2) is 4.53. The predicted octanol–water partition coefficient (Wildman–Crippen LogP) is 1.36. The largest absolute Gasteiger partial charge is 0.379 e. The summed E-state index contributed by atoms with van der Waals surface area (Å²) in [7, 11) is 0. The first-order valence-corrected chi connectivity index (χ1v) is 4.90. The highest BCUT2D eigenvalue weighted by molar-refractivity contribution is 5.17. The average molecular weight is 195 g/mol.